The van der Waals surface area contributed by atoms with Gasteiger partial charge in [0.25, 0.3) is 0 Å². The van der Waals surface area contributed by atoms with Crippen LogP contribution in [0.1, 0.15) is 37.8 Å². The summed E-state index contributed by atoms with van der Waals surface area (Å²) in [4.78, 5) is 2.19. The largest absolute Gasteiger partial charge is 0.313 e. The summed E-state index contributed by atoms with van der Waals surface area (Å²) in [5.74, 6) is -1.55. The van der Waals surface area contributed by atoms with Crippen molar-refractivity contribution in [2.75, 3.05) is 20.1 Å². The molecule has 0 radical (unpaired) electrons. The van der Waals surface area contributed by atoms with Crippen LogP contribution in [0, 0.1) is 11.6 Å². The third kappa shape index (κ3) is 3.74. The quantitative estimate of drug-likeness (QED) is 0.902. The second-order valence-electron chi connectivity index (χ2n) is 5.44. The normalized spacial score (nSPS) is 21.6. The van der Waals surface area contributed by atoms with Gasteiger partial charge in [-0.2, -0.15) is 0 Å². The SMILES string of the molecule is CC(c1ccc(F)c(F)c1)N(C)CC1CCCCN1. The van der Waals surface area contributed by atoms with Gasteiger partial charge >= 0.3 is 0 Å². The van der Waals surface area contributed by atoms with E-state index in [1.165, 1.54) is 31.4 Å². The van der Waals surface area contributed by atoms with Crippen molar-refractivity contribution in [1.29, 1.82) is 0 Å². The van der Waals surface area contributed by atoms with Gasteiger partial charge in [-0.1, -0.05) is 12.5 Å². The van der Waals surface area contributed by atoms with E-state index in [-0.39, 0.29) is 6.04 Å². The van der Waals surface area contributed by atoms with Crippen LogP contribution in [0.4, 0.5) is 8.78 Å². The highest BCUT2D eigenvalue weighted by Gasteiger charge is 2.19. The smallest absolute Gasteiger partial charge is 0.159 e. The van der Waals surface area contributed by atoms with Crippen LogP contribution in [0.5, 0.6) is 0 Å². The molecular formula is C15H22F2N2. The number of nitrogens with zero attached hydrogens (tertiary/aromatic N) is 1. The zero-order chi connectivity index (χ0) is 13.8. The molecule has 4 heteroatoms. The topological polar surface area (TPSA) is 15.3 Å². The summed E-state index contributed by atoms with van der Waals surface area (Å²) < 4.78 is 26.2. The lowest BCUT2D eigenvalue weighted by atomic mass is 10.0. The Morgan fingerprint density at radius 1 is 1.32 bits per heavy atom. The number of halogens is 2. The molecule has 1 N–H and O–H groups in total. The summed E-state index contributed by atoms with van der Waals surface area (Å²) in [6.07, 6.45) is 3.71. The van der Waals surface area contributed by atoms with Crippen LogP contribution in [-0.2, 0) is 0 Å². The standard InChI is InChI=1S/C15H22F2N2/c1-11(12-6-7-14(16)15(17)9-12)19(2)10-13-5-3-4-8-18-13/h6-7,9,11,13,18H,3-5,8,10H2,1-2H3. The molecule has 1 aromatic carbocycles. The summed E-state index contributed by atoms with van der Waals surface area (Å²) in [6.45, 7) is 4.04. The lowest BCUT2D eigenvalue weighted by Gasteiger charge is -2.32. The van der Waals surface area contributed by atoms with Gasteiger partial charge in [0.1, 0.15) is 0 Å². The van der Waals surface area contributed by atoms with E-state index in [4.69, 9.17) is 0 Å². The predicted octanol–water partition coefficient (Wildman–Crippen LogP) is 3.10. The Labute approximate surface area is 113 Å². The molecule has 0 amide bonds. The van der Waals surface area contributed by atoms with E-state index in [0.29, 0.717) is 6.04 Å². The Morgan fingerprint density at radius 3 is 2.74 bits per heavy atom. The van der Waals surface area contributed by atoms with E-state index in [2.05, 4.69) is 10.2 Å². The molecule has 106 valence electrons. The van der Waals surface area contributed by atoms with Gasteiger partial charge < -0.3 is 5.32 Å². The molecule has 2 nitrogen and oxygen atoms in total. The number of rotatable bonds is 4. The van der Waals surface area contributed by atoms with Crippen molar-refractivity contribution in [3.63, 3.8) is 0 Å². The third-order valence-corrected chi connectivity index (χ3v) is 4.01. The third-order valence-electron chi connectivity index (χ3n) is 4.01. The summed E-state index contributed by atoms with van der Waals surface area (Å²) in [6, 6.07) is 4.75. The number of likely N-dealkylation sites (N-methyl/N-ethyl adjacent to an activating group) is 1. The first-order valence-corrected chi connectivity index (χ1v) is 6.96. The van der Waals surface area contributed by atoms with Gasteiger partial charge in [0, 0.05) is 18.6 Å². The van der Waals surface area contributed by atoms with Crippen LogP contribution in [0.15, 0.2) is 18.2 Å². The highest BCUT2D eigenvalue weighted by molar-refractivity contribution is 5.20. The minimum Gasteiger partial charge on any atom is -0.313 e. The molecule has 0 saturated carbocycles. The van der Waals surface area contributed by atoms with Crippen molar-refractivity contribution in [2.24, 2.45) is 0 Å². The Morgan fingerprint density at radius 2 is 2.11 bits per heavy atom. The number of nitrogens with one attached hydrogen (secondary N) is 1. The number of hydrogen-bond acceptors (Lipinski definition) is 2. The minimum atomic E-state index is -0.785. The molecule has 2 atom stereocenters. The van der Waals surface area contributed by atoms with E-state index in [9.17, 15) is 8.78 Å². The number of benzene rings is 1. The van der Waals surface area contributed by atoms with Crippen molar-refractivity contribution in [3.05, 3.63) is 35.4 Å². The van der Waals surface area contributed by atoms with Crippen LogP contribution in [0.2, 0.25) is 0 Å². The maximum absolute atomic E-state index is 13.3. The van der Waals surface area contributed by atoms with Crippen molar-refractivity contribution in [3.8, 4) is 0 Å². The van der Waals surface area contributed by atoms with Crippen LogP contribution in [0.3, 0.4) is 0 Å². The fourth-order valence-electron chi connectivity index (χ4n) is 2.61. The summed E-state index contributed by atoms with van der Waals surface area (Å²) in [5.41, 5.74) is 0.817. The molecule has 1 aliphatic rings. The summed E-state index contributed by atoms with van der Waals surface area (Å²) in [7, 11) is 2.03. The molecule has 0 bridgehead atoms. The van der Waals surface area contributed by atoms with E-state index in [1.807, 2.05) is 14.0 Å². The van der Waals surface area contributed by atoms with Crippen molar-refractivity contribution >= 4 is 0 Å². The van der Waals surface area contributed by atoms with E-state index >= 15 is 0 Å². The van der Waals surface area contributed by atoms with Gasteiger partial charge in [-0.3, -0.25) is 4.90 Å². The molecule has 0 spiro atoms. The van der Waals surface area contributed by atoms with Crippen LogP contribution >= 0.6 is 0 Å². The maximum Gasteiger partial charge on any atom is 0.159 e. The van der Waals surface area contributed by atoms with Crippen molar-refractivity contribution in [1.82, 2.24) is 10.2 Å². The highest BCUT2D eigenvalue weighted by Crippen LogP contribution is 2.21. The second-order valence-corrected chi connectivity index (χ2v) is 5.44. The van der Waals surface area contributed by atoms with Crippen LogP contribution in [0.25, 0.3) is 0 Å². The molecule has 1 aliphatic heterocycles. The molecule has 19 heavy (non-hydrogen) atoms. The van der Waals surface area contributed by atoms with Crippen LogP contribution < -0.4 is 5.32 Å². The highest BCUT2D eigenvalue weighted by atomic mass is 19.2. The first-order valence-electron chi connectivity index (χ1n) is 6.96. The molecular weight excluding hydrogens is 246 g/mol. The average molecular weight is 268 g/mol. The van der Waals surface area contributed by atoms with Gasteiger partial charge in [0.2, 0.25) is 0 Å². The van der Waals surface area contributed by atoms with Crippen molar-refractivity contribution in [2.45, 2.75) is 38.3 Å². The monoisotopic (exact) mass is 268 g/mol. The lowest BCUT2D eigenvalue weighted by molar-refractivity contribution is 0.214. The van der Waals surface area contributed by atoms with E-state index in [1.54, 1.807) is 6.07 Å². The molecule has 0 aromatic heterocycles. The van der Waals surface area contributed by atoms with Crippen LogP contribution in [-0.4, -0.2) is 31.1 Å². The fourth-order valence-corrected chi connectivity index (χ4v) is 2.61. The van der Waals surface area contributed by atoms with Crippen molar-refractivity contribution < 1.29 is 8.78 Å². The van der Waals surface area contributed by atoms with E-state index in [0.717, 1.165) is 18.7 Å². The van der Waals surface area contributed by atoms with Gasteiger partial charge in [-0.25, -0.2) is 8.78 Å². The van der Waals surface area contributed by atoms with Gasteiger partial charge in [0.05, 0.1) is 0 Å². The zero-order valence-electron chi connectivity index (χ0n) is 11.6. The summed E-state index contributed by atoms with van der Waals surface area (Å²) >= 11 is 0. The van der Waals surface area contributed by atoms with Gasteiger partial charge in [0.15, 0.2) is 11.6 Å². The fraction of sp³-hybridized carbons (Fsp3) is 0.600. The molecule has 1 heterocycles. The number of hydrogen-bond donors (Lipinski definition) is 1. The molecule has 1 fully saturated rings. The Hall–Kier alpha value is -1.00. The number of piperidine rings is 1. The maximum atomic E-state index is 13.3. The molecule has 2 unspecified atom stereocenters. The molecule has 1 aromatic rings. The molecule has 0 aliphatic carbocycles. The summed E-state index contributed by atoms with van der Waals surface area (Å²) in [5, 5.41) is 3.50. The Bertz CT molecular complexity index is 417. The van der Waals surface area contributed by atoms with Gasteiger partial charge in [-0.05, 0) is 51.1 Å². The Kier molecular flexibility index (Phi) is 4.88. The first-order chi connectivity index (χ1) is 9.08. The van der Waals surface area contributed by atoms with E-state index < -0.39 is 11.6 Å². The molecule has 2 rings (SSSR count). The second kappa shape index (κ2) is 6.44. The minimum absolute atomic E-state index is 0.0822. The average Bonchev–Trinajstić information content (AvgIpc) is 2.42. The lowest BCUT2D eigenvalue weighted by Crippen LogP contribution is -2.43. The van der Waals surface area contributed by atoms with Gasteiger partial charge in [-0.15, -0.1) is 0 Å². The predicted molar refractivity (Wildman–Crippen MR) is 73.0 cm³/mol. The first kappa shape index (κ1) is 14.4. The molecule has 1 saturated heterocycles. The Balaban J connectivity index is 1.97. The zero-order valence-corrected chi connectivity index (χ0v) is 11.6.